The summed E-state index contributed by atoms with van der Waals surface area (Å²) < 4.78 is 45.3. The third kappa shape index (κ3) is 3.98. The fourth-order valence-corrected chi connectivity index (χ4v) is 3.62. The zero-order chi connectivity index (χ0) is 21.5. The van der Waals surface area contributed by atoms with E-state index < -0.39 is 11.7 Å². The summed E-state index contributed by atoms with van der Waals surface area (Å²) in [5.41, 5.74) is 2.92. The molecule has 0 aliphatic carbocycles. The first-order valence-electron chi connectivity index (χ1n) is 9.00. The number of ether oxygens (including phenoxy) is 1. The van der Waals surface area contributed by atoms with E-state index in [1.54, 1.807) is 30.3 Å². The second kappa shape index (κ2) is 7.65. The molecule has 1 aliphatic heterocycles. The van der Waals surface area contributed by atoms with Crippen molar-refractivity contribution in [3.63, 3.8) is 0 Å². The maximum atomic E-state index is 12.9. The number of carbonyl (C=O) groups is 1. The maximum Gasteiger partial charge on any atom is 0.416 e. The molecular weight excluding hydrogens is 459 g/mol. The molecule has 0 bridgehead atoms. The molecule has 1 aliphatic rings. The van der Waals surface area contributed by atoms with Crippen LogP contribution in [0.25, 0.3) is 11.6 Å². The lowest BCUT2D eigenvalue weighted by atomic mass is 9.99. The zero-order valence-corrected chi connectivity index (χ0v) is 17.3. The summed E-state index contributed by atoms with van der Waals surface area (Å²) in [4.78, 5) is 12.5. The Hall–Kier alpha value is -3.06. The van der Waals surface area contributed by atoms with Gasteiger partial charge in [0, 0.05) is 21.3 Å². The number of nitrogens with one attached hydrogen (secondary N) is 1. The number of fused-ring (bicyclic) bond motifs is 1. The normalized spacial score (nSPS) is 14.6. The molecule has 4 rings (SSSR count). The molecule has 0 saturated heterocycles. The minimum absolute atomic E-state index is 0.0818. The summed E-state index contributed by atoms with van der Waals surface area (Å²) in [6.45, 7) is 1.92. The predicted octanol–water partition coefficient (Wildman–Crippen LogP) is 7.06. The molecule has 3 aromatic rings. The van der Waals surface area contributed by atoms with Gasteiger partial charge in [-0.1, -0.05) is 34.1 Å². The highest BCUT2D eigenvalue weighted by atomic mass is 79.9. The van der Waals surface area contributed by atoms with Crippen molar-refractivity contribution in [2.75, 3.05) is 5.32 Å². The van der Waals surface area contributed by atoms with E-state index in [1.807, 2.05) is 19.1 Å². The summed E-state index contributed by atoms with van der Waals surface area (Å²) in [5, 5.41) is 2.84. The molecule has 1 N–H and O–H groups in total. The molecule has 0 aromatic heterocycles. The number of alkyl halides is 3. The van der Waals surface area contributed by atoms with Crippen LogP contribution in [0.3, 0.4) is 0 Å². The Morgan fingerprint density at radius 2 is 1.70 bits per heavy atom. The lowest BCUT2D eigenvalue weighted by Crippen LogP contribution is -2.04. The van der Waals surface area contributed by atoms with Gasteiger partial charge in [-0.05, 0) is 66.6 Å². The van der Waals surface area contributed by atoms with Crippen LogP contribution in [-0.2, 0) is 11.0 Å². The number of hydrogen-bond acceptors (Lipinski definition) is 2. The number of amides is 1. The van der Waals surface area contributed by atoms with Gasteiger partial charge in [-0.2, -0.15) is 13.2 Å². The Balaban J connectivity index is 1.66. The number of halogens is 4. The molecule has 3 nitrogen and oxygen atoms in total. The summed E-state index contributed by atoms with van der Waals surface area (Å²) in [6, 6.07) is 15.2. The summed E-state index contributed by atoms with van der Waals surface area (Å²) in [7, 11) is 0. The third-order valence-corrected chi connectivity index (χ3v) is 5.59. The molecule has 0 atom stereocenters. The third-order valence-electron chi connectivity index (χ3n) is 4.73. The fraction of sp³-hybridized carbons (Fsp3) is 0.0870. The van der Waals surface area contributed by atoms with Crippen LogP contribution in [0.5, 0.6) is 11.5 Å². The van der Waals surface area contributed by atoms with Crippen LogP contribution in [-0.4, -0.2) is 5.91 Å². The molecular formula is C23H15BrF3NO2. The van der Waals surface area contributed by atoms with Crippen LogP contribution in [0.15, 0.2) is 65.1 Å². The smallest absolute Gasteiger partial charge is 0.416 e. The van der Waals surface area contributed by atoms with Crippen molar-refractivity contribution >= 4 is 39.2 Å². The molecule has 3 aromatic carbocycles. The van der Waals surface area contributed by atoms with Gasteiger partial charge >= 0.3 is 6.18 Å². The summed E-state index contributed by atoms with van der Waals surface area (Å²) >= 11 is 3.48. The van der Waals surface area contributed by atoms with Gasteiger partial charge < -0.3 is 10.1 Å². The van der Waals surface area contributed by atoms with Crippen molar-refractivity contribution in [2.24, 2.45) is 0 Å². The lowest BCUT2D eigenvalue weighted by Gasteiger charge is -2.10. The van der Waals surface area contributed by atoms with Crippen LogP contribution in [0, 0.1) is 6.92 Å². The van der Waals surface area contributed by atoms with E-state index >= 15 is 0 Å². The van der Waals surface area contributed by atoms with Gasteiger partial charge in [-0.3, -0.25) is 4.79 Å². The van der Waals surface area contributed by atoms with Gasteiger partial charge in [0.05, 0.1) is 5.56 Å². The average molecular weight is 474 g/mol. The molecule has 7 heteroatoms. The maximum absolute atomic E-state index is 12.9. The van der Waals surface area contributed by atoms with Gasteiger partial charge in [0.1, 0.15) is 11.5 Å². The van der Waals surface area contributed by atoms with Crippen molar-refractivity contribution in [3.8, 4) is 11.5 Å². The van der Waals surface area contributed by atoms with Crippen molar-refractivity contribution in [2.45, 2.75) is 13.1 Å². The van der Waals surface area contributed by atoms with E-state index in [1.165, 1.54) is 12.1 Å². The quantitative estimate of drug-likeness (QED) is 0.413. The van der Waals surface area contributed by atoms with Gasteiger partial charge in [-0.15, -0.1) is 0 Å². The Kier molecular flexibility index (Phi) is 5.15. The molecule has 0 radical (unpaired) electrons. The van der Waals surface area contributed by atoms with Crippen molar-refractivity contribution in [3.05, 3.63) is 87.4 Å². The second-order valence-corrected chi connectivity index (χ2v) is 7.66. The largest absolute Gasteiger partial charge is 0.457 e. The number of carbonyl (C=O) groups excluding carboxylic acids is 1. The summed E-state index contributed by atoms with van der Waals surface area (Å²) in [5.74, 6) is 0.238. The van der Waals surface area contributed by atoms with E-state index in [2.05, 4.69) is 21.2 Å². The van der Waals surface area contributed by atoms with E-state index in [-0.39, 0.29) is 11.7 Å². The first kappa shape index (κ1) is 20.2. The molecule has 0 unspecified atom stereocenters. The SMILES string of the molecule is Cc1c(Br)ccc2c1C(=Cc1cccc(Oc3cccc(C(F)(F)F)c3)c1)C(=O)N2. The molecule has 1 amide bonds. The second-order valence-electron chi connectivity index (χ2n) is 6.81. The molecule has 30 heavy (non-hydrogen) atoms. The monoisotopic (exact) mass is 473 g/mol. The first-order valence-corrected chi connectivity index (χ1v) is 9.79. The van der Waals surface area contributed by atoms with Crippen molar-refractivity contribution in [1.29, 1.82) is 0 Å². The predicted molar refractivity (Wildman–Crippen MR) is 113 cm³/mol. The molecule has 1 heterocycles. The number of anilines is 1. The highest BCUT2D eigenvalue weighted by Gasteiger charge is 2.30. The van der Waals surface area contributed by atoms with Crippen LogP contribution in [0.4, 0.5) is 18.9 Å². The summed E-state index contributed by atoms with van der Waals surface area (Å²) in [6.07, 6.45) is -2.71. The van der Waals surface area contributed by atoms with E-state index in [9.17, 15) is 18.0 Å². The van der Waals surface area contributed by atoms with Crippen LogP contribution < -0.4 is 10.1 Å². The lowest BCUT2D eigenvalue weighted by molar-refractivity contribution is -0.137. The van der Waals surface area contributed by atoms with E-state index in [4.69, 9.17) is 4.74 Å². The first-order chi connectivity index (χ1) is 14.2. The minimum atomic E-state index is -4.44. The highest BCUT2D eigenvalue weighted by molar-refractivity contribution is 9.10. The average Bonchev–Trinajstić information content (AvgIpc) is 3.01. The zero-order valence-electron chi connectivity index (χ0n) is 15.7. The van der Waals surface area contributed by atoms with E-state index in [0.717, 1.165) is 33.4 Å². The van der Waals surface area contributed by atoms with Crippen LogP contribution in [0.1, 0.15) is 22.3 Å². The number of benzene rings is 3. The Morgan fingerprint density at radius 3 is 2.43 bits per heavy atom. The number of hydrogen-bond donors (Lipinski definition) is 1. The van der Waals surface area contributed by atoms with Crippen LogP contribution in [0.2, 0.25) is 0 Å². The number of rotatable bonds is 3. The molecule has 0 saturated carbocycles. The Bertz CT molecular complexity index is 1190. The van der Waals surface area contributed by atoms with Crippen molar-refractivity contribution in [1.82, 2.24) is 0 Å². The molecule has 0 spiro atoms. The minimum Gasteiger partial charge on any atom is -0.457 e. The Labute approximate surface area is 179 Å². The van der Waals surface area contributed by atoms with Crippen molar-refractivity contribution < 1.29 is 22.7 Å². The highest BCUT2D eigenvalue weighted by Crippen LogP contribution is 2.39. The molecule has 0 fully saturated rings. The van der Waals surface area contributed by atoms with E-state index in [0.29, 0.717) is 16.9 Å². The molecule has 152 valence electrons. The fourth-order valence-electron chi connectivity index (χ4n) is 3.28. The Morgan fingerprint density at radius 1 is 1.00 bits per heavy atom. The van der Waals surface area contributed by atoms with Gasteiger partial charge in [-0.25, -0.2) is 0 Å². The van der Waals surface area contributed by atoms with Crippen LogP contribution >= 0.6 is 15.9 Å². The topological polar surface area (TPSA) is 38.3 Å². The van der Waals surface area contributed by atoms with Gasteiger partial charge in [0.25, 0.3) is 5.91 Å². The van der Waals surface area contributed by atoms with Gasteiger partial charge in [0.15, 0.2) is 0 Å². The van der Waals surface area contributed by atoms with Gasteiger partial charge in [0.2, 0.25) is 0 Å². The standard InChI is InChI=1S/C23H15BrF3NO2/c1-13-19(24)8-9-20-21(13)18(22(29)28-20)11-14-4-2-6-16(10-14)30-17-7-3-5-15(12-17)23(25,26)27/h2-12H,1H3,(H,28,29).